The first-order chi connectivity index (χ1) is 18.0. The molecule has 3 N–H and O–H groups in total. The molecule has 6 nitrogen and oxygen atoms in total. The van der Waals surface area contributed by atoms with Crippen molar-refractivity contribution in [3.05, 3.63) is 89.2 Å². The molecule has 1 aliphatic rings. The number of amides is 1. The fourth-order valence-electron chi connectivity index (χ4n) is 4.93. The van der Waals surface area contributed by atoms with E-state index in [1.165, 1.54) is 31.2 Å². The highest BCUT2D eigenvalue weighted by molar-refractivity contribution is 7.89. The fraction of sp³-hybridized carbons (Fsp3) is 0.321. The van der Waals surface area contributed by atoms with E-state index in [4.69, 9.17) is 10.5 Å². The van der Waals surface area contributed by atoms with Gasteiger partial charge in [-0.1, -0.05) is 36.4 Å². The highest BCUT2D eigenvalue weighted by Crippen LogP contribution is 2.43. The van der Waals surface area contributed by atoms with Crippen LogP contribution in [0.25, 0.3) is 11.1 Å². The zero-order valence-electron chi connectivity index (χ0n) is 20.8. The number of nitrogens with two attached hydrogens (primary N) is 1. The lowest BCUT2D eigenvalue weighted by atomic mass is 9.78. The fourth-order valence-corrected chi connectivity index (χ4v) is 5.81. The lowest BCUT2D eigenvalue weighted by Crippen LogP contribution is -2.40. The second-order valence-electron chi connectivity index (χ2n) is 9.61. The topological polar surface area (TPSA) is 98.5 Å². The highest BCUT2D eigenvalue weighted by atomic mass is 32.2. The van der Waals surface area contributed by atoms with Gasteiger partial charge >= 0.3 is 0 Å². The molecule has 2 atom stereocenters. The minimum atomic E-state index is -3.47. The zero-order chi connectivity index (χ0) is 27.5. The molecule has 0 bridgehead atoms. The highest BCUT2D eigenvalue weighted by Gasteiger charge is 2.45. The van der Waals surface area contributed by atoms with Gasteiger partial charge in [0.15, 0.2) is 11.6 Å². The summed E-state index contributed by atoms with van der Waals surface area (Å²) in [7, 11) is -3.47. The van der Waals surface area contributed by atoms with Crippen molar-refractivity contribution < 1.29 is 31.1 Å². The quantitative estimate of drug-likeness (QED) is 0.380. The molecule has 0 saturated heterocycles. The summed E-state index contributed by atoms with van der Waals surface area (Å²) in [6.07, 6.45) is 1.11. The van der Waals surface area contributed by atoms with E-state index in [-0.39, 0.29) is 36.3 Å². The molecule has 1 aliphatic carbocycles. The molecule has 1 amide bonds. The van der Waals surface area contributed by atoms with Crippen molar-refractivity contribution in [3.63, 3.8) is 0 Å². The summed E-state index contributed by atoms with van der Waals surface area (Å²) in [5, 5.41) is 0. The summed E-state index contributed by atoms with van der Waals surface area (Å²) in [4.78, 5) is 12.5. The molecule has 38 heavy (non-hydrogen) atoms. The van der Waals surface area contributed by atoms with Crippen molar-refractivity contribution in [1.82, 2.24) is 4.72 Å². The van der Waals surface area contributed by atoms with Crippen LogP contribution >= 0.6 is 0 Å². The van der Waals surface area contributed by atoms with Crippen LogP contribution in [0.5, 0.6) is 5.75 Å². The van der Waals surface area contributed by atoms with Crippen molar-refractivity contribution in [3.8, 4) is 16.9 Å². The van der Waals surface area contributed by atoms with Gasteiger partial charge < -0.3 is 10.5 Å². The number of primary amides is 1. The maximum atomic E-state index is 15.0. The summed E-state index contributed by atoms with van der Waals surface area (Å²) in [6, 6.07) is 14.7. The molecule has 1 saturated carbocycles. The van der Waals surface area contributed by atoms with Crippen molar-refractivity contribution in [2.45, 2.75) is 45.3 Å². The van der Waals surface area contributed by atoms with Crippen LogP contribution in [0.15, 0.2) is 60.7 Å². The Morgan fingerprint density at radius 1 is 1.03 bits per heavy atom. The van der Waals surface area contributed by atoms with E-state index in [0.29, 0.717) is 24.0 Å². The third-order valence-corrected chi connectivity index (χ3v) is 8.45. The van der Waals surface area contributed by atoms with E-state index in [2.05, 4.69) is 4.72 Å². The van der Waals surface area contributed by atoms with Crippen LogP contribution in [0.1, 0.15) is 37.3 Å². The molecule has 0 unspecified atom stereocenters. The van der Waals surface area contributed by atoms with Crippen molar-refractivity contribution >= 4 is 15.9 Å². The number of sulfonamides is 1. The zero-order valence-corrected chi connectivity index (χ0v) is 21.7. The number of benzene rings is 3. The third kappa shape index (κ3) is 6.02. The van der Waals surface area contributed by atoms with Crippen molar-refractivity contribution in [2.24, 2.45) is 11.1 Å². The molecule has 10 heteroatoms. The minimum Gasteiger partial charge on any atom is -0.485 e. The predicted molar refractivity (Wildman–Crippen MR) is 138 cm³/mol. The number of nitrogens with one attached hydrogen (secondary N) is 1. The summed E-state index contributed by atoms with van der Waals surface area (Å²) in [5.41, 5.74) is 5.98. The lowest BCUT2D eigenvalue weighted by Gasteiger charge is -2.26. The summed E-state index contributed by atoms with van der Waals surface area (Å²) in [5.74, 6) is -4.15. The van der Waals surface area contributed by atoms with Gasteiger partial charge in [0.2, 0.25) is 21.7 Å². The molecule has 4 rings (SSSR count). The van der Waals surface area contributed by atoms with E-state index in [1.54, 1.807) is 24.3 Å². The number of halogens is 3. The average Bonchev–Trinajstić information content (AvgIpc) is 3.29. The Labute approximate surface area is 220 Å². The van der Waals surface area contributed by atoms with E-state index < -0.39 is 50.6 Å². The van der Waals surface area contributed by atoms with Gasteiger partial charge in [-0.3, -0.25) is 4.79 Å². The Hall–Kier alpha value is -3.37. The molecular formula is C28H29F3N2O4S. The van der Waals surface area contributed by atoms with E-state index >= 15 is 4.39 Å². The molecule has 202 valence electrons. The molecule has 1 fully saturated rings. The molecule has 3 aromatic carbocycles. The van der Waals surface area contributed by atoms with Crippen LogP contribution < -0.4 is 15.2 Å². The molecule has 0 aliphatic heterocycles. The van der Waals surface area contributed by atoms with Gasteiger partial charge in [-0.25, -0.2) is 21.9 Å². The Morgan fingerprint density at radius 3 is 2.42 bits per heavy atom. The van der Waals surface area contributed by atoms with Crippen molar-refractivity contribution in [1.29, 1.82) is 0 Å². The first kappa shape index (κ1) is 27.7. The maximum absolute atomic E-state index is 15.0. The number of hydrogen-bond acceptors (Lipinski definition) is 4. The number of rotatable bonds is 10. The number of hydrogen-bond donors (Lipinski definition) is 2. The second kappa shape index (κ2) is 11.2. The molecule has 0 radical (unpaired) electrons. The summed E-state index contributed by atoms with van der Waals surface area (Å²) in [6.45, 7) is 1.46. The number of carbonyl (C=O) groups is 1. The van der Waals surface area contributed by atoms with Crippen LogP contribution in [0.3, 0.4) is 0 Å². The first-order valence-corrected chi connectivity index (χ1v) is 13.9. The van der Waals surface area contributed by atoms with Gasteiger partial charge in [-0.2, -0.15) is 4.39 Å². The Kier molecular flexibility index (Phi) is 8.13. The van der Waals surface area contributed by atoms with E-state index in [9.17, 15) is 22.0 Å². The summed E-state index contributed by atoms with van der Waals surface area (Å²) >= 11 is 0. The number of ether oxygens (including phenoxy) is 1. The number of carbonyl (C=O) groups excluding carboxylic acids is 1. The maximum Gasteiger partial charge on any atom is 0.224 e. The third-order valence-electron chi connectivity index (χ3n) is 7.00. The standard InChI is InChI=1S/C28H29F3N2O4S/c1-2-38(35,36)33-20-12-13-28(16-20,27(32)34)15-19-8-10-23(29)22(14-19)21-9-11-24(30)25(31)26(21)37-17-18-6-4-3-5-7-18/h3-11,14,20,33H,2,12-13,15-17H2,1H3,(H2,32,34)/t20-,28+/m0/s1. The minimum absolute atomic E-state index is 0.0207. The second-order valence-corrected chi connectivity index (χ2v) is 11.7. The van der Waals surface area contributed by atoms with E-state index in [1.807, 2.05) is 6.07 Å². The smallest absolute Gasteiger partial charge is 0.224 e. The largest absolute Gasteiger partial charge is 0.485 e. The molecule has 0 spiro atoms. The lowest BCUT2D eigenvalue weighted by molar-refractivity contribution is -0.127. The van der Waals surface area contributed by atoms with Crippen molar-refractivity contribution in [2.75, 3.05) is 5.75 Å². The Bertz CT molecular complexity index is 1430. The van der Waals surface area contributed by atoms with Crippen LogP contribution in [-0.2, 0) is 27.8 Å². The van der Waals surface area contributed by atoms with E-state index in [0.717, 1.165) is 6.07 Å². The van der Waals surface area contributed by atoms with Gasteiger partial charge in [0.05, 0.1) is 11.2 Å². The average molecular weight is 547 g/mol. The van der Waals surface area contributed by atoms with Gasteiger partial charge in [0.1, 0.15) is 12.4 Å². The molecule has 0 heterocycles. The van der Waals surface area contributed by atoms with Gasteiger partial charge in [-0.05, 0) is 68.0 Å². The normalized spacial score (nSPS) is 19.4. The van der Waals surface area contributed by atoms with Crippen LogP contribution in [0, 0.1) is 22.9 Å². The summed E-state index contributed by atoms with van der Waals surface area (Å²) < 4.78 is 76.3. The van der Waals surface area contributed by atoms with Gasteiger partial charge in [-0.15, -0.1) is 0 Å². The van der Waals surface area contributed by atoms with Gasteiger partial charge in [0.25, 0.3) is 0 Å². The molecule has 0 aromatic heterocycles. The monoisotopic (exact) mass is 546 g/mol. The molecular weight excluding hydrogens is 517 g/mol. The van der Waals surface area contributed by atoms with Crippen LogP contribution in [0.4, 0.5) is 13.2 Å². The SMILES string of the molecule is CCS(=O)(=O)N[C@H]1CC[C@](Cc2ccc(F)c(-c3ccc(F)c(F)c3OCc3ccccc3)c2)(C(N)=O)C1. The first-order valence-electron chi connectivity index (χ1n) is 12.3. The Morgan fingerprint density at radius 2 is 1.74 bits per heavy atom. The molecule has 3 aromatic rings. The predicted octanol–water partition coefficient (Wildman–Crippen LogP) is 4.86. The Balaban J connectivity index is 1.65. The van der Waals surface area contributed by atoms with Crippen LogP contribution in [-0.4, -0.2) is 26.1 Å². The van der Waals surface area contributed by atoms with Gasteiger partial charge in [0, 0.05) is 17.2 Å². The van der Waals surface area contributed by atoms with Crippen LogP contribution in [0.2, 0.25) is 0 Å².